The highest BCUT2D eigenvalue weighted by Gasteiger charge is 2.15. The van der Waals surface area contributed by atoms with Crippen molar-refractivity contribution in [3.63, 3.8) is 0 Å². The molecule has 114 valence electrons. The molecule has 0 bridgehead atoms. The summed E-state index contributed by atoms with van der Waals surface area (Å²) in [4.78, 5) is 12.2. The first-order valence-electron chi connectivity index (χ1n) is 6.25. The molecule has 2 aromatic rings. The van der Waals surface area contributed by atoms with E-state index in [0.717, 1.165) is 0 Å². The van der Waals surface area contributed by atoms with Crippen LogP contribution in [0, 0.1) is 5.41 Å². The summed E-state index contributed by atoms with van der Waals surface area (Å²) in [6, 6.07) is 9.19. The van der Waals surface area contributed by atoms with E-state index in [-0.39, 0.29) is 27.9 Å². The van der Waals surface area contributed by atoms with Gasteiger partial charge in [0.2, 0.25) is 0 Å². The number of methoxy groups -OCH3 is 1. The predicted molar refractivity (Wildman–Crippen MR) is 85.1 cm³/mol. The van der Waals surface area contributed by atoms with Gasteiger partial charge in [-0.2, -0.15) is 0 Å². The number of para-hydroxylation sites is 1. The Hall–Kier alpha value is -2.73. The summed E-state index contributed by atoms with van der Waals surface area (Å²) in [6.07, 6.45) is 0. The number of hydrogen-bond donors (Lipinski definition) is 4. The fourth-order valence-corrected chi connectivity index (χ4v) is 2.16. The fraction of sp³-hybridized carbons (Fsp3) is 0.0667. The van der Waals surface area contributed by atoms with Crippen molar-refractivity contribution in [2.45, 2.75) is 0 Å². The summed E-state index contributed by atoms with van der Waals surface area (Å²) in [5.74, 6) is -0.706. The van der Waals surface area contributed by atoms with Crippen molar-refractivity contribution >= 4 is 29.0 Å². The molecule has 0 radical (unpaired) electrons. The Morgan fingerprint density at radius 2 is 2.05 bits per heavy atom. The van der Waals surface area contributed by atoms with Gasteiger partial charge in [-0.15, -0.1) is 0 Å². The standard InChI is InChI=1S/C15H14ClN3O3/c1-22-12-4-2-3-10(13(12)20)15(21)19-8-5-6-9(14(17)18)11(16)7-8/h2-7,20H,1H3,(H3,17,18)(H,19,21). The Bertz CT molecular complexity index is 747. The van der Waals surface area contributed by atoms with E-state index in [0.29, 0.717) is 11.3 Å². The number of nitrogens with two attached hydrogens (primary N) is 1. The topological polar surface area (TPSA) is 108 Å². The number of carbonyl (C=O) groups excluding carboxylic acids is 1. The van der Waals surface area contributed by atoms with Gasteiger partial charge in [0.25, 0.3) is 5.91 Å². The molecule has 0 unspecified atom stereocenters. The van der Waals surface area contributed by atoms with Crippen LogP contribution in [-0.4, -0.2) is 24.0 Å². The van der Waals surface area contributed by atoms with E-state index in [4.69, 9.17) is 27.5 Å². The molecule has 0 saturated carbocycles. The van der Waals surface area contributed by atoms with E-state index in [2.05, 4.69) is 5.32 Å². The first-order valence-corrected chi connectivity index (χ1v) is 6.63. The van der Waals surface area contributed by atoms with Crippen molar-refractivity contribution in [2.24, 2.45) is 5.73 Å². The number of benzene rings is 2. The lowest BCUT2D eigenvalue weighted by atomic mass is 10.1. The second kappa shape index (κ2) is 6.36. The fourth-order valence-electron chi connectivity index (χ4n) is 1.88. The van der Waals surface area contributed by atoms with Crippen LogP contribution in [0.5, 0.6) is 11.5 Å². The minimum Gasteiger partial charge on any atom is -0.504 e. The number of halogens is 1. The quantitative estimate of drug-likeness (QED) is 0.513. The lowest BCUT2D eigenvalue weighted by Gasteiger charge is -2.10. The molecule has 2 aromatic carbocycles. The molecule has 2 rings (SSSR count). The molecule has 1 amide bonds. The van der Waals surface area contributed by atoms with Crippen LogP contribution >= 0.6 is 11.6 Å². The first-order chi connectivity index (χ1) is 10.4. The van der Waals surface area contributed by atoms with E-state index < -0.39 is 5.91 Å². The van der Waals surface area contributed by atoms with Gasteiger partial charge in [0.1, 0.15) is 5.84 Å². The summed E-state index contributed by atoms with van der Waals surface area (Å²) in [5, 5.41) is 20.2. The van der Waals surface area contributed by atoms with E-state index in [9.17, 15) is 9.90 Å². The average Bonchev–Trinajstić information content (AvgIpc) is 2.47. The number of hydrogen-bond acceptors (Lipinski definition) is 4. The van der Waals surface area contributed by atoms with Gasteiger partial charge in [-0.1, -0.05) is 17.7 Å². The minimum atomic E-state index is -0.511. The Morgan fingerprint density at radius 1 is 1.32 bits per heavy atom. The van der Waals surface area contributed by atoms with Gasteiger partial charge in [0.05, 0.1) is 17.7 Å². The Balaban J connectivity index is 2.26. The number of amidine groups is 1. The summed E-state index contributed by atoms with van der Waals surface area (Å²) in [7, 11) is 1.40. The molecule has 0 aliphatic carbocycles. The SMILES string of the molecule is COc1cccc(C(=O)Nc2ccc(C(=N)N)c(Cl)c2)c1O. The summed E-state index contributed by atoms with van der Waals surface area (Å²) in [6.45, 7) is 0. The molecule has 0 saturated heterocycles. The van der Waals surface area contributed by atoms with Crippen LogP contribution in [0.1, 0.15) is 15.9 Å². The highest BCUT2D eigenvalue weighted by Crippen LogP contribution is 2.30. The Morgan fingerprint density at radius 3 is 2.64 bits per heavy atom. The van der Waals surface area contributed by atoms with Gasteiger partial charge in [-0.25, -0.2) is 0 Å². The third-order valence-electron chi connectivity index (χ3n) is 2.98. The number of rotatable bonds is 4. The maximum Gasteiger partial charge on any atom is 0.259 e. The van der Waals surface area contributed by atoms with Crippen LogP contribution in [0.15, 0.2) is 36.4 Å². The molecule has 0 aromatic heterocycles. The van der Waals surface area contributed by atoms with E-state index >= 15 is 0 Å². The number of anilines is 1. The van der Waals surface area contributed by atoms with Crippen LogP contribution in [0.25, 0.3) is 0 Å². The van der Waals surface area contributed by atoms with Crippen molar-refractivity contribution < 1.29 is 14.6 Å². The van der Waals surface area contributed by atoms with Gasteiger partial charge < -0.3 is 20.9 Å². The molecular formula is C15H14ClN3O3. The number of carbonyl (C=O) groups is 1. The van der Waals surface area contributed by atoms with Crippen LogP contribution in [0.4, 0.5) is 5.69 Å². The van der Waals surface area contributed by atoms with Crippen LogP contribution in [-0.2, 0) is 0 Å². The van der Waals surface area contributed by atoms with Crippen molar-refractivity contribution in [1.82, 2.24) is 0 Å². The average molecular weight is 320 g/mol. The van der Waals surface area contributed by atoms with E-state index in [1.165, 1.54) is 25.3 Å². The van der Waals surface area contributed by atoms with E-state index in [1.54, 1.807) is 18.2 Å². The number of aromatic hydroxyl groups is 1. The lowest BCUT2D eigenvalue weighted by molar-refractivity contribution is 0.102. The molecule has 22 heavy (non-hydrogen) atoms. The molecule has 0 heterocycles. The highest BCUT2D eigenvalue weighted by atomic mass is 35.5. The monoisotopic (exact) mass is 319 g/mol. The molecule has 7 heteroatoms. The molecule has 0 atom stereocenters. The summed E-state index contributed by atoms with van der Waals surface area (Å²) >= 11 is 5.99. The molecule has 5 N–H and O–H groups in total. The molecule has 0 fully saturated rings. The second-order valence-electron chi connectivity index (χ2n) is 4.42. The zero-order valence-corrected chi connectivity index (χ0v) is 12.4. The largest absolute Gasteiger partial charge is 0.504 e. The molecular weight excluding hydrogens is 306 g/mol. The first kappa shape index (κ1) is 15.7. The van der Waals surface area contributed by atoms with Gasteiger partial charge in [-0.05, 0) is 30.3 Å². The van der Waals surface area contributed by atoms with Gasteiger partial charge in [-0.3, -0.25) is 10.2 Å². The Labute approximate surface area is 132 Å². The zero-order valence-electron chi connectivity index (χ0n) is 11.7. The maximum absolute atomic E-state index is 12.2. The third kappa shape index (κ3) is 3.12. The number of phenols is 1. The minimum absolute atomic E-state index is 0.0751. The van der Waals surface area contributed by atoms with Gasteiger partial charge >= 0.3 is 0 Å². The number of phenolic OH excluding ortho intramolecular Hbond substituents is 1. The Kier molecular flexibility index (Phi) is 4.53. The smallest absolute Gasteiger partial charge is 0.259 e. The summed E-state index contributed by atoms with van der Waals surface area (Å²) < 4.78 is 4.96. The van der Waals surface area contributed by atoms with Crippen LogP contribution < -0.4 is 15.8 Å². The maximum atomic E-state index is 12.2. The van der Waals surface area contributed by atoms with Gasteiger partial charge in [0, 0.05) is 11.3 Å². The van der Waals surface area contributed by atoms with Gasteiger partial charge in [0.15, 0.2) is 11.5 Å². The van der Waals surface area contributed by atoms with Crippen LogP contribution in [0.2, 0.25) is 5.02 Å². The van der Waals surface area contributed by atoms with Crippen molar-refractivity contribution in [2.75, 3.05) is 12.4 Å². The predicted octanol–water partition coefficient (Wildman–Crippen LogP) is 2.59. The zero-order chi connectivity index (χ0) is 16.3. The molecule has 0 aliphatic heterocycles. The number of amides is 1. The normalized spacial score (nSPS) is 10.1. The second-order valence-corrected chi connectivity index (χ2v) is 4.83. The number of nitrogens with one attached hydrogen (secondary N) is 2. The lowest BCUT2D eigenvalue weighted by Crippen LogP contribution is -2.14. The van der Waals surface area contributed by atoms with Crippen molar-refractivity contribution in [3.05, 3.63) is 52.5 Å². The van der Waals surface area contributed by atoms with Crippen LogP contribution in [0.3, 0.4) is 0 Å². The highest BCUT2D eigenvalue weighted by molar-refractivity contribution is 6.34. The molecule has 0 aliphatic rings. The van der Waals surface area contributed by atoms with Crippen molar-refractivity contribution in [1.29, 1.82) is 5.41 Å². The molecule has 0 spiro atoms. The number of ether oxygens (including phenoxy) is 1. The third-order valence-corrected chi connectivity index (χ3v) is 3.29. The van der Waals surface area contributed by atoms with Crippen molar-refractivity contribution in [3.8, 4) is 11.5 Å². The molecule has 6 nitrogen and oxygen atoms in total. The van der Waals surface area contributed by atoms with E-state index in [1.807, 2.05) is 0 Å². The summed E-state index contributed by atoms with van der Waals surface area (Å²) in [5.41, 5.74) is 6.25. The number of nitrogen functional groups attached to an aromatic ring is 1.